The summed E-state index contributed by atoms with van der Waals surface area (Å²) in [4.78, 5) is 53.0. The van der Waals surface area contributed by atoms with E-state index < -0.39 is 35.5 Å². The first-order valence-electron chi connectivity index (χ1n) is 9.25. The van der Waals surface area contributed by atoms with E-state index in [0.29, 0.717) is 10.8 Å². The topological polar surface area (TPSA) is 102 Å². The SMILES string of the molecule is Cc1ccc(CSC[C@H](NC(=O)OC(C)(C)C)C(=O)ON2C(=O)CCC2=O)cc1. The van der Waals surface area contributed by atoms with E-state index in [1.165, 1.54) is 11.8 Å². The quantitative estimate of drug-likeness (QED) is 0.674. The molecule has 1 aromatic rings. The van der Waals surface area contributed by atoms with Gasteiger partial charge in [-0.1, -0.05) is 29.8 Å². The molecule has 1 N–H and O–H groups in total. The van der Waals surface area contributed by atoms with Crippen LogP contribution in [0.25, 0.3) is 0 Å². The smallest absolute Gasteiger partial charge is 0.408 e. The van der Waals surface area contributed by atoms with Crippen molar-refractivity contribution in [2.45, 2.75) is 57.9 Å². The maximum Gasteiger partial charge on any atom is 0.408 e. The molecule has 1 heterocycles. The molecule has 1 fully saturated rings. The van der Waals surface area contributed by atoms with E-state index in [0.717, 1.165) is 11.1 Å². The normalized spacial score (nSPS) is 15.2. The summed E-state index contributed by atoms with van der Waals surface area (Å²) in [7, 11) is 0. The fraction of sp³-hybridized carbons (Fsp3) is 0.500. The Morgan fingerprint density at radius 1 is 1.14 bits per heavy atom. The molecule has 1 aromatic carbocycles. The summed E-state index contributed by atoms with van der Waals surface area (Å²) >= 11 is 1.41. The van der Waals surface area contributed by atoms with Gasteiger partial charge in [-0.2, -0.15) is 11.8 Å². The molecule has 3 amide bonds. The third-order valence-electron chi connectivity index (χ3n) is 3.84. The summed E-state index contributed by atoms with van der Waals surface area (Å²) in [6.45, 7) is 7.10. The number of carbonyl (C=O) groups is 4. The van der Waals surface area contributed by atoms with Crippen molar-refractivity contribution in [1.82, 2.24) is 10.4 Å². The minimum absolute atomic E-state index is 0.00154. The van der Waals surface area contributed by atoms with Crippen LogP contribution in [0.4, 0.5) is 4.79 Å². The number of imide groups is 1. The number of nitrogens with zero attached hydrogens (tertiary/aromatic N) is 1. The van der Waals surface area contributed by atoms with Crippen LogP contribution in [-0.2, 0) is 29.7 Å². The highest BCUT2D eigenvalue weighted by molar-refractivity contribution is 7.98. The van der Waals surface area contributed by atoms with E-state index in [-0.39, 0.29) is 18.6 Å². The second-order valence-electron chi connectivity index (χ2n) is 7.69. The Balaban J connectivity index is 2.00. The molecule has 8 nitrogen and oxygen atoms in total. The highest BCUT2D eigenvalue weighted by Gasteiger charge is 2.35. The van der Waals surface area contributed by atoms with Crippen LogP contribution in [-0.4, -0.2) is 46.3 Å². The van der Waals surface area contributed by atoms with Gasteiger partial charge in [0.1, 0.15) is 11.6 Å². The van der Waals surface area contributed by atoms with E-state index in [9.17, 15) is 19.2 Å². The number of alkyl carbamates (subject to hydrolysis) is 1. The number of carbonyl (C=O) groups excluding carboxylic acids is 4. The van der Waals surface area contributed by atoms with Gasteiger partial charge in [-0.15, -0.1) is 5.06 Å². The average molecular weight is 423 g/mol. The van der Waals surface area contributed by atoms with Gasteiger partial charge in [-0.3, -0.25) is 9.59 Å². The van der Waals surface area contributed by atoms with Crippen LogP contribution < -0.4 is 5.32 Å². The average Bonchev–Trinajstić information content (AvgIpc) is 2.93. The Morgan fingerprint density at radius 2 is 1.72 bits per heavy atom. The van der Waals surface area contributed by atoms with Gasteiger partial charge in [0.25, 0.3) is 11.8 Å². The molecule has 0 bridgehead atoms. The Labute approximate surface area is 174 Å². The summed E-state index contributed by atoms with van der Waals surface area (Å²) in [5.41, 5.74) is 1.47. The number of rotatable bonds is 7. The second kappa shape index (κ2) is 9.78. The van der Waals surface area contributed by atoms with Crippen molar-refractivity contribution in [1.29, 1.82) is 0 Å². The first kappa shape index (κ1) is 22.7. The van der Waals surface area contributed by atoms with E-state index in [4.69, 9.17) is 9.57 Å². The van der Waals surface area contributed by atoms with E-state index in [1.807, 2.05) is 31.2 Å². The predicted octanol–water partition coefficient (Wildman–Crippen LogP) is 2.73. The van der Waals surface area contributed by atoms with Gasteiger partial charge in [0.15, 0.2) is 0 Å². The molecule has 1 aliphatic heterocycles. The third-order valence-corrected chi connectivity index (χ3v) is 4.94. The Kier molecular flexibility index (Phi) is 7.66. The number of nitrogens with one attached hydrogen (secondary N) is 1. The highest BCUT2D eigenvalue weighted by atomic mass is 32.2. The minimum atomic E-state index is -1.08. The minimum Gasteiger partial charge on any atom is -0.444 e. The Bertz CT molecular complexity index is 756. The largest absolute Gasteiger partial charge is 0.444 e. The van der Waals surface area contributed by atoms with Crippen molar-refractivity contribution >= 4 is 35.6 Å². The van der Waals surface area contributed by atoms with Crippen LogP contribution in [0.1, 0.15) is 44.7 Å². The molecule has 1 atom stereocenters. The zero-order valence-electron chi connectivity index (χ0n) is 17.0. The molecule has 2 rings (SSSR count). The summed E-state index contributed by atoms with van der Waals surface area (Å²) in [5, 5.41) is 2.94. The third kappa shape index (κ3) is 7.41. The fourth-order valence-electron chi connectivity index (χ4n) is 2.41. The molecule has 1 saturated heterocycles. The van der Waals surface area contributed by atoms with Crippen LogP contribution in [0, 0.1) is 6.92 Å². The Morgan fingerprint density at radius 3 is 2.28 bits per heavy atom. The molecule has 0 unspecified atom stereocenters. The number of aryl methyl sites for hydroxylation is 1. The van der Waals surface area contributed by atoms with Gasteiger partial charge in [-0.25, -0.2) is 9.59 Å². The lowest BCUT2D eigenvalue weighted by Gasteiger charge is -2.23. The zero-order valence-corrected chi connectivity index (χ0v) is 17.8. The maximum absolute atomic E-state index is 12.5. The summed E-state index contributed by atoms with van der Waals surface area (Å²) in [6.07, 6.45) is -0.786. The number of thioether (sulfide) groups is 1. The molecule has 9 heteroatoms. The van der Waals surface area contributed by atoms with Crippen molar-refractivity contribution < 1.29 is 28.8 Å². The number of ether oxygens (including phenoxy) is 1. The van der Waals surface area contributed by atoms with Crippen molar-refractivity contribution in [3.05, 3.63) is 35.4 Å². The van der Waals surface area contributed by atoms with E-state index in [1.54, 1.807) is 20.8 Å². The van der Waals surface area contributed by atoms with Crippen LogP contribution >= 0.6 is 11.8 Å². The fourth-order valence-corrected chi connectivity index (χ4v) is 3.41. The monoisotopic (exact) mass is 422 g/mol. The van der Waals surface area contributed by atoms with Crippen molar-refractivity contribution in [3.63, 3.8) is 0 Å². The van der Waals surface area contributed by atoms with Gasteiger partial charge in [0.2, 0.25) is 0 Å². The molecule has 29 heavy (non-hydrogen) atoms. The van der Waals surface area contributed by atoms with Crippen LogP contribution in [0.15, 0.2) is 24.3 Å². The number of benzene rings is 1. The second-order valence-corrected chi connectivity index (χ2v) is 8.72. The van der Waals surface area contributed by atoms with Crippen LogP contribution in [0.2, 0.25) is 0 Å². The summed E-state index contributed by atoms with van der Waals surface area (Å²) < 4.78 is 5.19. The number of hydrogen-bond donors (Lipinski definition) is 1. The summed E-state index contributed by atoms with van der Waals surface area (Å²) in [5.74, 6) is -1.25. The first-order valence-corrected chi connectivity index (χ1v) is 10.4. The van der Waals surface area contributed by atoms with Gasteiger partial charge in [-0.05, 0) is 33.3 Å². The summed E-state index contributed by atoms with van der Waals surface area (Å²) in [6, 6.07) is 6.87. The van der Waals surface area contributed by atoms with E-state index >= 15 is 0 Å². The maximum atomic E-state index is 12.5. The molecule has 0 spiro atoms. The zero-order chi connectivity index (χ0) is 21.6. The highest BCUT2D eigenvalue weighted by Crippen LogP contribution is 2.17. The molecular weight excluding hydrogens is 396 g/mol. The number of hydrogen-bond acceptors (Lipinski definition) is 7. The number of hydroxylamine groups is 2. The lowest BCUT2D eigenvalue weighted by Crippen LogP contribution is -2.48. The molecule has 1 aliphatic rings. The molecule has 0 aliphatic carbocycles. The predicted molar refractivity (Wildman–Crippen MR) is 108 cm³/mol. The molecule has 158 valence electrons. The molecule has 0 aromatic heterocycles. The first-order chi connectivity index (χ1) is 13.5. The molecule has 0 saturated carbocycles. The van der Waals surface area contributed by atoms with Gasteiger partial charge >= 0.3 is 12.1 Å². The lowest BCUT2D eigenvalue weighted by atomic mass is 10.2. The van der Waals surface area contributed by atoms with Crippen molar-refractivity contribution in [2.24, 2.45) is 0 Å². The molecule has 0 radical (unpaired) electrons. The van der Waals surface area contributed by atoms with Gasteiger partial charge in [0.05, 0.1) is 0 Å². The van der Waals surface area contributed by atoms with Gasteiger partial charge in [0, 0.05) is 24.3 Å². The van der Waals surface area contributed by atoms with Crippen molar-refractivity contribution in [2.75, 3.05) is 5.75 Å². The standard InChI is InChI=1S/C20H26N2O6S/c1-13-5-7-14(8-6-13)11-29-12-15(21-19(26)27-20(2,3)4)18(25)28-22-16(23)9-10-17(22)24/h5-8,15H,9-12H2,1-4H3,(H,21,26)/t15-/m0/s1. The number of amides is 3. The molecular formula is C20H26N2O6S. The van der Waals surface area contributed by atoms with Crippen molar-refractivity contribution in [3.8, 4) is 0 Å². The Hall–Kier alpha value is -2.55. The van der Waals surface area contributed by atoms with Gasteiger partial charge < -0.3 is 14.9 Å². The lowest BCUT2D eigenvalue weighted by molar-refractivity contribution is -0.198. The van der Waals surface area contributed by atoms with Crippen LogP contribution in [0.3, 0.4) is 0 Å². The van der Waals surface area contributed by atoms with E-state index in [2.05, 4.69) is 5.32 Å². The van der Waals surface area contributed by atoms with Crippen LogP contribution in [0.5, 0.6) is 0 Å².